The van der Waals surface area contributed by atoms with Gasteiger partial charge in [-0.25, -0.2) is 5.43 Å². The summed E-state index contributed by atoms with van der Waals surface area (Å²) in [6.45, 7) is 4.70. The maximum atomic E-state index is 13.0. The molecule has 0 heterocycles. The number of amides is 1. The second kappa shape index (κ2) is 5.87. The third-order valence-corrected chi connectivity index (χ3v) is 7.10. The van der Waals surface area contributed by atoms with Gasteiger partial charge in [0, 0.05) is 0 Å². The second-order valence-electron chi connectivity index (χ2n) is 9.44. The van der Waals surface area contributed by atoms with Crippen LogP contribution >= 0.6 is 23.2 Å². The first kappa shape index (κ1) is 18.1. The molecule has 0 spiro atoms. The number of nitrogens with one attached hydrogen (secondary N) is 1. The first-order valence-corrected chi connectivity index (χ1v) is 9.89. The summed E-state index contributed by atoms with van der Waals surface area (Å²) < 4.78 is 0. The summed E-state index contributed by atoms with van der Waals surface area (Å²) in [5.74, 6) is 0.543. The number of carbonyl (C=O) groups excluding carboxylic acids is 1. The van der Waals surface area contributed by atoms with E-state index >= 15 is 0 Å². The molecule has 1 amide bonds. The molecule has 0 aromatic heterocycles. The Bertz CT molecular complexity index is 766. The van der Waals surface area contributed by atoms with Crippen LogP contribution in [0.25, 0.3) is 0 Å². The SMILES string of the molecule is CC12CC3CC(C)(C1)CC(C(=O)N/N=C/c1cc(Cl)c(O)c(Cl)c1)(C3)C2. The molecule has 5 rings (SSSR count). The summed E-state index contributed by atoms with van der Waals surface area (Å²) in [6.07, 6.45) is 8.17. The van der Waals surface area contributed by atoms with Crippen LogP contribution in [0.5, 0.6) is 5.75 Å². The molecule has 4 fully saturated rings. The third-order valence-electron chi connectivity index (χ3n) is 6.53. The topological polar surface area (TPSA) is 61.7 Å². The predicted octanol–water partition coefficient (Wildman–Crippen LogP) is 5.15. The van der Waals surface area contributed by atoms with Gasteiger partial charge in [0.25, 0.3) is 0 Å². The van der Waals surface area contributed by atoms with Crippen LogP contribution in [0.15, 0.2) is 17.2 Å². The van der Waals surface area contributed by atoms with E-state index < -0.39 is 0 Å². The predicted molar refractivity (Wildman–Crippen MR) is 104 cm³/mol. The Labute approximate surface area is 164 Å². The normalized spacial score (nSPS) is 38.1. The lowest BCUT2D eigenvalue weighted by Gasteiger charge is -2.64. The minimum Gasteiger partial charge on any atom is -0.505 e. The van der Waals surface area contributed by atoms with E-state index in [2.05, 4.69) is 24.4 Å². The van der Waals surface area contributed by atoms with Gasteiger partial charge in [0.05, 0.1) is 21.7 Å². The first-order chi connectivity index (χ1) is 12.1. The largest absolute Gasteiger partial charge is 0.505 e. The number of halogens is 2. The summed E-state index contributed by atoms with van der Waals surface area (Å²) >= 11 is 11.8. The average Bonchev–Trinajstić information content (AvgIpc) is 2.48. The van der Waals surface area contributed by atoms with E-state index in [-0.39, 0.29) is 37.9 Å². The number of phenols is 1. The summed E-state index contributed by atoms with van der Waals surface area (Å²) in [7, 11) is 0. The highest BCUT2D eigenvalue weighted by Gasteiger charge is 2.62. The van der Waals surface area contributed by atoms with Crippen molar-refractivity contribution in [2.75, 3.05) is 0 Å². The molecule has 2 atom stereocenters. The fraction of sp³-hybridized carbons (Fsp3) is 0.600. The zero-order valence-electron chi connectivity index (χ0n) is 15.1. The number of nitrogens with zero attached hydrogens (tertiary/aromatic N) is 1. The number of phenolic OH excluding ortho intramolecular Hbond substituents is 1. The summed E-state index contributed by atoms with van der Waals surface area (Å²) in [6, 6.07) is 3.12. The molecule has 4 aliphatic rings. The molecule has 1 aromatic rings. The van der Waals surface area contributed by atoms with E-state index in [4.69, 9.17) is 23.2 Å². The van der Waals surface area contributed by atoms with Crippen LogP contribution in [0.3, 0.4) is 0 Å². The lowest BCUT2D eigenvalue weighted by molar-refractivity contribution is -0.170. The summed E-state index contributed by atoms with van der Waals surface area (Å²) in [5, 5.41) is 14.1. The van der Waals surface area contributed by atoms with E-state index in [1.807, 2.05) is 0 Å². The van der Waals surface area contributed by atoms with Gasteiger partial charge < -0.3 is 5.11 Å². The Kier molecular flexibility index (Phi) is 4.09. The van der Waals surface area contributed by atoms with Crippen molar-refractivity contribution < 1.29 is 9.90 Å². The first-order valence-electron chi connectivity index (χ1n) is 9.14. The quantitative estimate of drug-likeness (QED) is 0.550. The minimum absolute atomic E-state index is 0.0336. The number of carbonyl (C=O) groups is 1. The van der Waals surface area contributed by atoms with Crippen LogP contribution in [0, 0.1) is 22.2 Å². The summed E-state index contributed by atoms with van der Waals surface area (Å²) in [4.78, 5) is 13.0. The highest BCUT2D eigenvalue weighted by Crippen LogP contribution is 2.69. The maximum Gasteiger partial charge on any atom is 0.246 e. The van der Waals surface area contributed by atoms with Gasteiger partial charge in [0.2, 0.25) is 5.91 Å². The van der Waals surface area contributed by atoms with Crippen molar-refractivity contribution in [3.05, 3.63) is 27.7 Å². The van der Waals surface area contributed by atoms with E-state index in [1.54, 1.807) is 12.1 Å². The number of rotatable bonds is 3. The molecular formula is C20H24Cl2N2O2. The van der Waals surface area contributed by atoms with E-state index in [0.717, 1.165) is 19.3 Å². The number of benzene rings is 1. The van der Waals surface area contributed by atoms with Crippen molar-refractivity contribution in [2.45, 2.75) is 52.4 Å². The Morgan fingerprint density at radius 1 is 1.15 bits per heavy atom. The van der Waals surface area contributed by atoms with Crippen molar-refractivity contribution >= 4 is 35.3 Å². The van der Waals surface area contributed by atoms with Crippen molar-refractivity contribution in [3.8, 4) is 5.75 Å². The Hall–Kier alpha value is -1.26. The zero-order valence-corrected chi connectivity index (χ0v) is 16.6. The number of hydrogen-bond acceptors (Lipinski definition) is 3. The Balaban J connectivity index is 1.50. The van der Waals surface area contributed by atoms with Gasteiger partial charge >= 0.3 is 0 Å². The second-order valence-corrected chi connectivity index (χ2v) is 10.3. The van der Waals surface area contributed by atoms with Gasteiger partial charge in [-0.05, 0) is 73.0 Å². The molecule has 140 valence electrons. The van der Waals surface area contributed by atoms with Crippen molar-refractivity contribution in [1.29, 1.82) is 0 Å². The van der Waals surface area contributed by atoms with E-state index in [0.29, 0.717) is 11.5 Å². The average molecular weight is 395 g/mol. The molecule has 4 bridgehead atoms. The Morgan fingerprint density at radius 3 is 2.27 bits per heavy atom. The summed E-state index contributed by atoms with van der Waals surface area (Å²) in [5.41, 5.74) is 3.67. The maximum absolute atomic E-state index is 13.0. The van der Waals surface area contributed by atoms with Crippen molar-refractivity contribution in [2.24, 2.45) is 27.3 Å². The highest BCUT2D eigenvalue weighted by atomic mass is 35.5. The van der Waals surface area contributed by atoms with Gasteiger partial charge in [0.15, 0.2) is 5.75 Å². The zero-order chi connectivity index (χ0) is 18.7. The number of aromatic hydroxyl groups is 1. The van der Waals surface area contributed by atoms with Gasteiger partial charge in [-0.2, -0.15) is 5.10 Å². The molecule has 0 saturated heterocycles. The molecule has 0 aliphatic heterocycles. The molecule has 26 heavy (non-hydrogen) atoms. The molecule has 2 N–H and O–H groups in total. The van der Waals surface area contributed by atoms with Gasteiger partial charge in [-0.15, -0.1) is 0 Å². The molecule has 4 nitrogen and oxygen atoms in total. The third kappa shape index (κ3) is 3.01. The lowest BCUT2D eigenvalue weighted by Crippen LogP contribution is -2.59. The van der Waals surface area contributed by atoms with Crippen LogP contribution in [0.4, 0.5) is 0 Å². The fourth-order valence-electron chi connectivity index (χ4n) is 6.64. The number of hydrogen-bond donors (Lipinski definition) is 2. The van der Waals surface area contributed by atoms with Gasteiger partial charge in [-0.3, -0.25) is 4.79 Å². The van der Waals surface area contributed by atoms with Crippen LogP contribution in [0.2, 0.25) is 10.0 Å². The van der Waals surface area contributed by atoms with Gasteiger partial charge in [0.1, 0.15) is 0 Å². The van der Waals surface area contributed by atoms with Crippen molar-refractivity contribution in [3.63, 3.8) is 0 Å². The van der Waals surface area contributed by atoms with Crippen molar-refractivity contribution in [1.82, 2.24) is 5.43 Å². The van der Waals surface area contributed by atoms with Gasteiger partial charge in [-0.1, -0.05) is 37.0 Å². The number of hydrazone groups is 1. The molecule has 1 aromatic carbocycles. The Morgan fingerprint density at radius 2 is 1.73 bits per heavy atom. The van der Waals surface area contributed by atoms with Crippen LogP contribution < -0.4 is 5.43 Å². The van der Waals surface area contributed by atoms with Crippen LogP contribution in [-0.4, -0.2) is 17.2 Å². The lowest BCUT2D eigenvalue weighted by atomic mass is 9.40. The molecular weight excluding hydrogens is 371 g/mol. The fourth-order valence-corrected chi connectivity index (χ4v) is 7.15. The molecule has 6 heteroatoms. The molecule has 2 unspecified atom stereocenters. The van der Waals surface area contributed by atoms with Crippen LogP contribution in [-0.2, 0) is 4.79 Å². The van der Waals surface area contributed by atoms with Crippen LogP contribution in [0.1, 0.15) is 57.9 Å². The molecule has 4 aliphatic carbocycles. The standard InChI is InChI=1S/C20H24Cl2N2O2/c1-18-5-13-6-19(2,9-18)11-20(7-13,10-18)17(26)24-23-8-12-3-14(21)16(25)15(22)4-12/h3-4,8,13,25H,5-7,9-11H2,1-2H3,(H,24,26)/b23-8+. The highest BCUT2D eigenvalue weighted by molar-refractivity contribution is 6.37. The molecule has 0 radical (unpaired) electrons. The smallest absolute Gasteiger partial charge is 0.246 e. The molecule has 4 saturated carbocycles. The van der Waals surface area contributed by atoms with E-state index in [1.165, 1.54) is 25.5 Å². The monoisotopic (exact) mass is 394 g/mol. The minimum atomic E-state index is -0.287. The van der Waals surface area contributed by atoms with E-state index in [9.17, 15) is 9.90 Å².